The van der Waals surface area contributed by atoms with Gasteiger partial charge in [-0.15, -0.1) is 0 Å². The average molecular weight is 227 g/mol. The van der Waals surface area contributed by atoms with Crippen molar-refractivity contribution in [3.8, 4) is 0 Å². The first-order valence-corrected chi connectivity index (χ1v) is 5.80. The number of aliphatic carboxylic acids is 2. The molecule has 0 heterocycles. The van der Waals surface area contributed by atoms with Gasteiger partial charge in [0, 0.05) is 0 Å². The average Bonchev–Trinajstić information content (AvgIpc) is 2.26. The lowest BCUT2D eigenvalue weighted by molar-refractivity contribution is -0.142. The van der Waals surface area contributed by atoms with E-state index in [1.807, 2.05) is 0 Å². The summed E-state index contributed by atoms with van der Waals surface area (Å²) in [5.41, 5.74) is 0. The van der Waals surface area contributed by atoms with Crippen molar-refractivity contribution in [2.24, 2.45) is 11.8 Å². The van der Waals surface area contributed by atoms with Crippen LogP contribution in [0, 0.1) is 17.8 Å². The lowest BCUT2D eigenvalue weighted by Crippen LogP contribution is -2.21. The number of carboxylic acids is 2. The van der Waals surface area contributed by atoms with E-state index in [0.29, 0.717) is 19.3 Å². The summed E-state index contributed by atoms with van der Waals surface area (Å²) in [5.74, 6) is -0.603. The lowest BCUT2D eigenvalue weighted by Gasteiger charge is -2.25. The van der Waals surface area contributed by atoms with Gasteiger partial charge in [0.2, 0.25) is 0 Å². The number of hydrogen-bond acceptors (Lipinski definition) is 2. The number of hydrogen-bond donors (Lipinski definition) is 2. The van der Waals surface area contributed by atoms with Crippen molar-refractivity contribution in [3.05, 3.63) is 5.92 Å². The minimum Gasteiger partial charge on any atom is -0.481 e. The summed E-state index contributed by atoms with van der Waals surface area (Å²) < 4.78 is 0. The first-order valence-electron chi connectivity index (χ1n) is 5.80. The van der Waals surface area contributed by atoms with Gasteiger partial charge in [0.1, 0.15) is 0 Å². The van der Waals surface area contributed by atoms with E-state index in [9.17, 15) is 9.59 Å². The Morgan fingerprint density at radius 3 is 2.31 bits per heavy atom. The van der Waals surface area contributed by atoms with E-state index in [1.165, 1.54) is 5.92 Å². The van der Waals surface area contributed by atoms with E-state index in [-0.39, 0.29) is 11.8 Å². The zero-order chi connectivity index (χ0) is 12.1. The van der Waals surface area contributed by atoms with Gasteiger partial charge < -0.3 is 10.2 Å². The third-order valence-corrected chi connectivity index (χ3v) is 3.39. The molecular weight excluding hydrogens is 208 g/mol. The highest BCUT2D eigenvalue weighted by atomic mass is 16.4. The molecule has 1 fully saturated rings. The SMILES string of the molecule is CC(CC[C]1CCC(C(=O)O)CC1)C(=O)O. The van der Waals surface area contributed by atoms with Crippen LogP contribution in [-0.2, 0) is 9.59 Å². The first-order chi connectivity index (χ1) is 7.50. The van der Waals surface area contributed by atoms with Crippen molar-refractivity contribution in [2.75, 3.05) is 0 Å². The maximum atomic E-state index is 10.7. The van der Waals surface area contributed by atoms with E-state index in [1.54, 1.807) is 6.92 Å². The largest absolute Gasteiger partial charge is 0.481 e. The summed E-state index contributed by atoms with van der Waals surface area (Å²) in [6, 6.07) is 0. The van der Waals surface area contributed by atoms with Crippen LogP contribution in [0.3, 0.4) is 0 Å². The molecule has 1 aliphatic rings. The molecule has 0 bridgehead atoms. The quantitative estimate of drug-likeness (QED) is 0.756. The second kappa shape index (κ2) is 5.87. The summed E-state index contributed by atoms with van der Waals surface area (Å²) >= 11 is 0. The van der Waals surface area contributed by atoms with E-state index >= 15 is 0 Å². The molecule has 1 rings (SSSR count). The van der Waals surface area contributed by atoms with E-state index < -0.39 is 11.9 Å². The van der Waals surface area contributed by atoms with Gasteiger partial charge in [0.05, 0.1) is 11.8 Å². The van der Waals surface area contributed by atoms with Crippen LogP contribution >= 0.6 is 0 Å². The molecule has 0 aliphatic heterocycles. The van der Waals surface area contributed by atoms with Crippen LogP contribution in [0.5, 0.6) is 0 Å². The Kier molecular flexibility index (Phi) is 4.77. The molecule has 0 aromatic rings. The molecule has 0 amide bonds. The van der Waals surface area contributed by atoms with Crippen molar-refractivity contribution in [2.45, 2.75) is 45.4 Å². The van der Waals surface area contributed by atoms with Crippen molar-refractivity contribution in [1.29, 1.82) is 0 Å². The van der Waals surface area contributed by atoms with Crippen LogP contribution in [0.15, 0.2) is 0 Å². The topological polar surface area (TPSA) is 74.6 Å². The molecule has 91 valence electrons. The third kappa shape index (κ3) is 3.83. The second-order valence-corrected chi connectivity index (χ2v) is 4.64. The predicted octanol–water partition coefficient (Wildman–Crippen LogP) is 2.34. The third-order valence-electron chi connectivity index (χ3n) is 3.39. The highest BCUT2D eigenvalue weighted by Crippen LogP contribution is 2.34. The Hall–Kier alpha value is -1.06. The number of carbonyl (C=O) groups is 2. The number of carboxylic acid groups (broad SMARTS) is 2. The maximum Gasteiger partial charge on any atom is 0.306 e. The van der Waals surface area contributed by atoms with Gasteiger partial charge in [-0.25, -0.2) is 0 Å². The molecule has 1 saturated carbocycles. The smallest absolute Gasteiger partial charge is 0.306 e. The highest BCUT2D eigenvalue weighted by Gasteiger charge is 2.26. The van der Waals surface area contributed by atoms with Gasteiger partial charge in [-0.3, -0.25) is 9.59 Å². The van der Waals surface area contributed by atoms with E-state index in [4.69, 9.17) is 10.2 Å². The summed E-state index contributed by atoms with van der Waals surface area (Å²) in [7, 11) is 0. The van der Waals surface area contributed by atoms with Gasteiger partial charge in [0.15, 0.2) is 0 Å². The first kappa shape index (κ1) is 13.0. The Morgan fingerprint density at radius 1 is 1.31 bits per heavy atom. The van der Waals surface area contributed by atoms with Crippen molar-refractivity contribution < 1.29 is 19.8 Å². The lowest BCUT2D eigenvalue weighted by atomic mass is 9.79. The summed E-state index contributed by atoms with van der Waals surface area (Å²) in [6.07, 6.45) is 4.63. The molecule has 4 nitrogen and oxygen atoms in total. The zero-order valence-corrected chi connectivity index (χ0v) is 9.61. The molecule has 0 spiro atoms. The van der Waals surface area contributed by atoms with Gasteiger partial charge >= 0.3 is 11.9 Å². The molecule has 4 heteroatoms. The summed E-state index contributed by atoms with van der Waals surface area (Å²) in [6.45, 7) is 1.71. The van der Waals surface area contributed by atoms with Gasteiger partial charge in [0.25, 0.3) is 0 Å². The molecule has 1 aliphatic carbocycles. The van der Waals surface area contributed by atoms with Crippen LogP contribution in [0.1, 0.15) is 45.4 Å². The van der Waals surface area contributed by atoms with E-state index in [0.717, 1.165) is 19.3 Å². The molecule has 0 saturated heterocycles. The molecule has 1 unspecified atom stereocenters. The summed E-state index contributed by atoms with van der Waals surface area (Å²) in [5, 5.41) is 17.6. The molecule has 0 aromatic heterocycles. The van der Waals surface area contributed by atoms with Gasteiger partial charge in [-0.05, 0) is 44.4 Å². The Morgan fingerprint density at radius 2 is 1.88 bits per heavy atom. The monoisotopic (exact) mass is 227 g/mol. The van der Waals surface area contributed by atoms with Crippen LogP contribution < -0.4 is 0 Å². The minimum absolute atomic E-state index is 0.194. The summed E-state index contributed by atoms with van der Waals surface area (Å²) in [4.78, 5) is 21.4. The fraction of sp³-hybridized carbons (Fsp3) is 0.750. The van der Waals surface area contributed by atoms with Crippen LogP contribution in [0.2, 0.25) is 0 Å². The van der Waals surface area contributed by atoms with Gasteiger partial charge in [-0.1, -0.05) is 6.92 Å². The molecule has 0 aromatic carbocycles. The van der Waals surface area contributed by atoms with Gasteiger partial charge in [-0.2, -0.15) is 0 Å². The Labute approximate surface area is 95.7 Å². The zero-order valence-electron chi connectivity index (χ0n) is 9.61. The molecule has 2 N–H and O–H groups in total. The van der Waals surface area contributed by atoms with Crippen LogP contribution in [0.4, 0.5) is 0 Å². The highest BCUT2D eigenvalue weighted by molar-refractivity contribution is 5.70. The fourth-order valence-electron chi connectivity index (χ4n) is 2.07. The Balaban J connectivity index is 2.22. The maximum absolute atomic E-state index is 10.7. The fourth-order valence-corrected chi connectivity index (χ4v) is 2.07. The predicted molar refractivity (Wildman–Crippen MR) is 58.9 cm³/mol. The van der Waals surface area contributed by atoms with Crippen LogP contribution in [0.25, 0.3) is 0 Å². The Bertz CT molecular complexity index is 254. The van der Waals surface area contributed by atoms with E-state index in [2.05, 4.69) is 0 Å². The van der Waals surface area contributed by atoms with Crippen LogP contribution in [-0.4, -0.2) is 22.2 Å². The molecule has 16 heavy (non-hydrogen) atoms. The molecule has 1 atom stereocenters. The molecule has 1 radical (unpaired) electrons. The van der Waals surface area contributed by atoms with Crippen molar-refractivity contribution >= 4 is 11.9 Å². The molecular formula is C12H19O4. The second-order valence-electron chi connectivity index (χ2n) is 4.64. The standard InChI is InChI=1S/C12H19O4/c1-8(11(13)14)2-3-9-4-6-10(7-5-9)12(15)16/h8,10H,2-7H2,1H3,(H,13,14)(H,15,16). The van der Waals surface area contributed by atoms with Crippen molar-refractivity contribution in [1.82, 2.24) is 0 Å². The van der Waals surface area contributed by atoms with Crippen molar-refractivity contribution in [3.63, 3.8) is 0 Å². The number of rotatable bonds is 5. The minimum atomic E-state index is -0.750. The normalized spacial score (nSPS) is 20.6.